The van der Waals surface area contributed by atoms with Crippen molar-refractivity contribution in [1.82, 2.24) is 0 Å². The van der Waals surface area contributed by atoms with E-state index in [1.807, 2.05) is 0 Å². The maximum Gasteiger partial charge on any atom is 0.341 e. The molecule has 46 heavy (non-hydrogen) atoms. The molecule has 258 valence electrons. The largest absolute Gasteiger partial charge is 0.459 e. The fourth-order valence-electron chi connectivity index (χ4n) is 6.90. The Kier molecular flexibility index (Phi) is 11.9. The molecule has 3 rings (SSSR count). The molecule has 8 atom stereocenters. The topological polar surface area (TPSA) is 172 Å². The minimum atomic E-state index is -2.57. The number of carbonyl (C=O) groups is 5. The summed E-state index contributed by atoms with van der Waals surface area (Å²) in [4.78, 5) is 65.1. The van der Waals surface area contributed by atoms with Crippen molar-refractivity contribution in [1.29, 1.82) is 0 Å². The summed E-state index contributed by atoms with van der Waals surface area (Å²) in [5.74, 6) is -5.03. The van der Waals surface area contributed by atoms with Crippen molar-refractivity contribution >= 4 is 29.8 Å². The second-order valence-electron chi connectivity index (χ2n) is 13.1. The molecule has 1 saturated heterocycles. The van der Waals surface area contributed by atoms with E-state index in [2.05, 4.69) is 6.92 Å². The van der Waals surface area contributed by atoms with Gasteiger partial charge >= 0.3 is 29.8 Å². The lowest BCUT2D eigenvalue weighted by Crippen LogP contribution is -2.64. The quantitative estimate of drug-likeness (QED) is 0.0969. The van der Waals surface area contributed by atoms with E-state index in [0.717, 1.165) is 32.6 Å². The van der Waals surface area contributed by atoms with Gasteiger partial charge in [-0.1, -0.05) is 45.6 Å². The summed E-state index contributed by atoms with van der Waals surface area (Å²) in [5, 5.41) is 23.9. The van der Waals surface area contributed by atoms with Crippen LogP contribution in [-0.4, -0.2) is 81.3 Å². The molecule has 1 saturated carbocycles. The van der Waals surface area contributed by atoms with E-state index in [0.29, 0.717) is 12.8 Å². The molecule has 0 aromatic carbocycles. The molecule has 2 N–H and O–H groups in total. The van der Waals surface area contributed by atoms with Gasteiger partial charge in [0.2, 0.25) is 0 Å². The molecule has 0 spiro atoms. The van der Waals surface area contributed by atoms with Crippen LogP contribution in [0, 0.1) is 5.92 Å². The predicted octanol–water partition coefficient (Wildman–Crippen LogP) is 3.93. The van der Waals surface area contributed by atoms with Gasteiger partial charge in [-0.2, -0.15) is 0 Å². The van der Waals surface area contributed by atoms with E-state index in [4.69, 9.17) is 23.7 Å². The number of hydrogen-bond donors (Lipinski definition) is 2. The highest BCUT2D eigenvalue weighted by Gasteiger charge is 2.76. The molecule has 12 heteroatoms. The Hall–Kier alpha value is -3.25. The number of rotatable bonds is 13. The fourth-order valence-corrected chi connectivity index (χ4v) is 6.90. The summed E-state index contributed by atoms with van der Waals surface area (Å²) in [5.41, 5.74) is -6.12. The van der Waals surface area contributed by atoms with Crippen LogP contribution in [0.5, 0.6) is 0 Å². The van der Waals surface area contributed by atoms with Crippen LogP contribution < -0.4 is 0 Å². The number of esters is 5. The Morgan fingerprint density at radius 2 is 1.57 bits per heavy atom. The zero-order chi connectivity index (χ0) is 34.6. The molecule has 3 aliphatic rings. The summed E-state index contributed by atoms with van der Waals surface area (Å²) in [6, 6.07) is 0. The number of carbonyl (C=O) groups excluding carboxylic acids is 5. The number of unbranched alkanes of at least 4 members (excludes halogenated alkanes) is 4. The zero-order valence-electron chi connectivity index (χ0n) is 28.3. The highest BCUT2D eigenvalue weighted by molar-refractivity contribution is 5.88. The van der Waals surface area contributed by atoms with Gasteiger partial charge in [-0.05, 0) is 58.6 Å². The Bertz CT molecular complexity index is 1260. The van der Waals surface area contributed by atoms with Crippen molar-refractivity contribution in [2.75, 3.05) is 0 Å². The van der Waals surface area contributed by atoms with E-state index < -0.39 is 83.4 Å². The third-order valence-electron chi connectivity index (χ3n) is 9.51. The van der Waals surface area contributed by atoms with Crippen molar-refractivity contribution in [3.8, 4) is 0 Å². The Morgan fingerprint density at radius 3 is 2.15 bits per heavy atom. The van der Waals surface area contributed by atoms with Gasteiger partial charge in [0.05, 0.1) is 5.92 Å². The number of aliphatic hydroxyl groups is 2. The monoisotopic (exact) mass is 650 g/mol. The van der Waals surface area contributed by atoms with Crippen LogP contribution in [0.1, 0.15) is 113 Å². The first kappa shape index (κ1) is 37.2. The first-order valence-electron chi connectivity index (χ1n) is 16.3. The molecular formula is C34H50O12. The molecule has 0 bridgehead atoms. The molecule has 0 aromatic rings. The average molecular weight is 651 g/mol. The Labute approximate surface area is 270 Å². The summed E-state index contributed by atoms with van der Waals surface area (Å²) in [7, 11) is 0. The van der Waals surface area contributed by atoms with Crippen LogP contribution >= 0.6 is 0 Å². The molecule has 0 amide bonds. The van der Waals surface area contributed by atoms with Gasteiger partial charge in [0.1, 0.15) is 11.7 Å². The second-order valence-corrected chi connectivity index (χ2v) is 13.1. The van der Waals surface area contributed by atoms with Gasteiger partial charge in [-0.3, -0.25) is 14.4 Å². The van der Waals surface area contributed by atoms with E-state index in [1.54, 1.807) is 33.8 Å². The van der Waals surface area contributed by atoms with Crippen molar-refractivity contribution in [2.45, 2.75) is 154 Å². The van der Waals surface area contributed by atoms with E-state index in [-0.39, 0.29) is 29.6 Å². The fraction of sp³-hybridized carbons (Fsp3) is 0.735. The molecule has 0 unspecified atom stereocenters. The SMILES string of the molecule is CC=C(C)C(=O)O[C@H]1C(C)=C2[C@H]([C@@H]1OC(=O)CCCCCCC)[C@@](C)(OC(C)=O)C[C@H](OC(=O)CCC)[C@@]1(O)[C@H]2OC(=O)[C@@]1(C)O. The van der Waals surface area contributed by atoms with Crippen molar-refractivity contribution in [2.24, 2.45) is 5.92 Å². The van der Waals surface area contributed by atoms with Crippen LogP contribution in [0.2, 0.25) is 0 Å². The lowest BCUT2D eigenvalue weighted by molar-refractivity contribution is -0.212. The number of fused-ring (bicyclic) bond motifs is 3. The van der Waals surface area contributed by atoms with Crippen molar-refractivity contribution in [3.63, 3.8) is 0 Å². The van der Waals surface area contributed by atoms with Crippen molar-refractivity contribution in [3.05, 3.63) is 22.8 Å². The summed E-state index contributed by atoms with van der Waals surface area (Å²) >= 11 is 0. The number of allylic oxidation sites excluding steroid dienone is 1. The lowest BCUT2D eigenvalue weighted by atomic mass is 9.75. The maximum atomic E-state index is 13.3. The third kappa shape index (κ3) is 7.02. The van der Waals surface area contributed by atoms with Crippen LogP contribution in [-0.2, 0) is 47.7 Å². The lowest BCUT2D eigenvalue weighted by Gasteiger charge is -2.41. The normalized spacial score (nSPS) is 33.8. The average Bonchev–Trinajstić information content (AvgIpc) is 3.30. The highest BCUT2D eigenvalue weighted by atomic mass is 16.6. The second kappa shape index (κ2) is 14.7. The molecule has 2 fully saturated rings. The summed E-state index contributed by atoms with van der Waals surface area (Å²) in [6.07, 6.45) is 0.272. The van der Waals surface area contributed by atoms with Gasteiger partial charge in [0.15, 0.2) is 29.5 Å². The van der Waals surface area contributed by atoms with Crippen LogP contribution in [0.15, 0.2) is 22.8 Å². The molecule has 1 heterocycles. The van der Waals surface area contributed by atoms with E-state index in [9.17, 15) is 34.2 Å². The van der Waals surface area contributed by atoms with Gasteiger partial charge in [0, 0.05) is 31.8 Å². The highest BCUT2D eigenvalue weighted by Crippen LogP contribution is 2.57. The zero-order valence-corrected chi connectivity index (χ0v) is 28.3. The van der Waals surface area contributed by atoms with Crippen molar-refractivity contribution < 1.29 is 57.9 Å². The summed E-state index contributed by atoms with van der Waals surface area (Å²) < 4.78 is 29.3. The molecule has 12 nitrogen and oxygen atoms in total. The number of ether oxygens (including phenoxy) is 5. The van der Waals surface area contributed by atoms with Gasteiger partial charge in [-0.15, -0.1) is 0 Å². The standard InChI is InChI=1S/C34H50O12/c1-9-12-13-14-15-17-24(37)43-28-26-25(20(5)27(28)44-30(38)19(4)11-3)29-34(41,33(8,40)31(39)45-29)22(42-23(36)16-10-2)18-32(26,7)46-21(6)35/h11,22,26-29,40-41H,9-10,12-18H2,1-8H3/t22-,26+,27-,28-,29-,32-,33+,34+/m0/s1. The minimum absolute atomic E-state index is 0.0234. The molecule has 0 aromatic heterocycles. The van der Waals surface area contributed by atoms with Crippen LogP contribution in [0.4, 0.5) is 0 Å². The molecule has 1 aliphatic heterocycles. The van der Waals surface area contributed by atoms with Gasteiger partial charge in [0.25, 0.3) is 0 Å². The van der Waals surface area contributed by atoms with Gasteiger partial charge < -0.3 is 33.9 Å². The molecule has 2 aliphatic carbocycles. The predicted molar refractivity (Wildman–Crippen MR) is 164 cm³/mol. The van der Waals surface area contributed by atoms with Crippen LogP contribution in [0.3, 0.4) is 0 Å². The first-order valence-corrected chi connectivity index (χ1v) is 16.3. The van der Waals surface area contributed by atoms with E-state index >= 15 is 0 Å². The molecule has 0 radical (unpaired) electrons. The Balaban J connectivity index is 2.23. The first-order chi connectivity index (χ1) is 21.5. The maximum absolute atomic E-state index is 13.3. The van der Waals surface area contributed by atoms with E-state index in [1.165, 1.54) is 13.8 Å². The minimum Gasteiger partial charge on any atom is -0.459 e. The Morgan fingerprint density at radius 1 is 0.935 bits per heavy atom. The smallest absolute Gasteiger partial charge is 0.341 e. The number of hydrogen-bond acceptors (Lipinski definition) is 12. The molecular weight excluding hydrogens is 600 g/mol. The summed E-state index contributed by atoms with van der Waals surface area (Å²) in [6.45, 7) is 12.4. The van der Waals surface area contributed by atoms with Gasteiger partial charge in [-0.25, -0.2) is 9.59 Å². The van der Waals surface area contributed by atoms with Crippen LogP contribution in [0.25, 0.3) is 0 Å². The third-order valence-corrected chi connectivity index (χ3v) is 9.51.